The van der Waals surface area contributed by atoms with Crippen molar-refractivity contribution in [1.82, 2.24) is 9.88 Å². The van der Waals surface area contributed by atoms with Gasteiger partial charge >= 0.3 is 5.63 Å². The number of rotatable bonds is 7. The quantitative estimate of drug-likeness (QED) is 0.586. The van der Waals surface area contributed by atoms with Crippen LogP contribution in [0.25, 0.3) is 11.0 Å². The van der Waals surface area contributed by atoms with Crippen LogP contribution in [0, 0.1) is 0 Å². The van der Waals surface area contributed by atoms with Gasteiger partial charge in [0.1, 0.15) is 11.3 Å². The van der Waals surface area contributed by atoms with E-state index in [-0.39, 0.29) is 5.91 Å². The van der Waals surface area contributed by atoms with E-state index in [9.17, 15) is 9.59 Å². The van der Waals surface area contributed by atoms with E-state index >= 15 is 0 Å². The van der Waals surface area contributed by atoms with E-state index in [0.29, 0.717) is 24.4 Å². The van der Waals surface area contributed by atoms with Gasteiger partial charge in [-0.1, -0.05) is 13.0 Å². The lowest BCUT2D eigenvalue weighted by Crippen LogP contribution is -2.40. The van der Waals surface area contributed by atoms with Gasteiger partial charge in [0.05, 0.1) is 12.2 Å². The summed E-state index contributed by atoms with van der Waals surface area (Å²) in [6.07, 6.45) is 1.76. The Labute approximate surface area is 163 Å². The molecule has 3 rings (SSSR count). The number of carbonyl (C=O) groups is 1. The van der Waals surface area contributed by atoms with Crippen molar-refractivity contribution in [1.29, 1.82) is 0 Å². The predicted octanol–water partition coefficient (Wildman–Crippen LogP) is 3.57. The van der Waals surface area contributed by atoms with Crippen molar-refractivity contribution in [2.24, 2.45) is 0 Å². The Bertz CT molecular complexity index is 1010. The molecule has 6 heteroatoms. The summed E-state index contributed by atoms with van der Waals surface area (Å²) < 4.78 is 11.1. The summed E-state index contributed by atoms with van der Waals surface area (Å²) in [5.41, 5.74) is 1.82. The maximum Gasteiger partial charge on any atom is 0.336 e. The third-order valence-corrected chi connectivity index (χ3v) is 4.62. The van der Waals surface area contributed by atoms with Crippen molar-refractivity contribution in [3.63, 3.8) is 0 Å². The van der Waals surface area contributed by atoms with Crippen LogP contribution < -0.4 is 10.4 Å². The number of amides is 1. The van der Waals surface area contributed by atoms with Gasteiger partial charge in [0.25, 0.3) is 5.91 Å². The summed E-state index contributed by atoms with van der Waals surface area (Å²) in [5, 5.41) is 0.874. The Kier molecular flexibility index (Phi) is 6.09. The minimum Gasteiger partial charge on any atom is -0.481 e. The van der Waals surface area contributed by atoms with Crippen molar-refractivity contribution in [3.05, 3.63) is 70.3 Å². The molecule has 2 aromatic heterocycles. The van der Waals surface area contributed by atoms with E-state index in [4.69, 9.17) is 9.15 Å². The van der Waals surface area contributed by atoms with Crippen LogP contribution in [-0.2, 0) is 17.8 Å². The molecule has 3 aromatic rings. The molecule has 0 radical (unpaired) electrons. The number of pyridine rings is 1. The molecule has 2 heterocycles. The van der Waals surface area contributed by atoms with Crippen molar-refractivity contribution in [2.75, 3.05) is 6.54 Å². The number of hydrogen-bond donors (Lipinski definition) is 0. The zero-order chi connectivity index (χ0) is 20.1. The molecule has 0 aliphatic carbocycles. The molecule has 0 spiro atoms. The minimum atomic E-state index is -0.679. The first-order valence-corrected chi connectivity index (χ1v) is 9.44. The van der Waals surface area contributed by atoms with Gasteiger partial charge in [-0.15, -0.1) is 0 Å². The molecule has 1 aromatic carbocycles. The van der Waals surface area contributed by atoms with Crippen LogP contribution in [0.1, 0.15) is 32.0 Å². The molecule has 0 bridgehead atoms. The molecular formula is C22H24N2O4. The van der Waals surface area contributed by atoms with Crippen molar-refractivity contribution < 1.29 is 13.9 Å². The summed E-state index contributed by atoms with van der Waals surface area (Å²) in [6.45, 7) is 6.60. The summed E-state index contributed by atoms with van der Waals surface area (Å²) in [5.74, 6) is 0.357. The van der Waals surface area contributed by atoms with Gasteiger partial charge in [-0.3, -0.25) is 9.78 Å². The molecule has 28 heavy (non-hydrogen) atoms. The largest absolute Gasteiger partial charge is 0.481 e. The number of fused-ring (bicyclic) bond motifs is 1. The van der Waals surface area contributed by atoms with E-state index < -0.39 is 11.7 Å². The van der Waals surface area contributed by atoms with Gasteiger partial charge in [0, 0.05) is 30.3 Å². The first-order chi connectivity index (χ1) is 13.5. The normalized spacial score (nSPS) is 12.0. The highest BCUT2D eigenvalue weighted by Gasteiger charge is 2.22. The second-order valence-electron chi connectivity index (χ2n) is 6.54. The molecule has 0 N–H and O–H groups in total. The molecule has 6 nitrogen and oxygen atoms in total. The van der Waals surface area contributed by atoms with E-state index in [0.717, 1.165) is 23.1 Å². The highest BCUT2D eigenvalue weighted by Crippen LogP contribution is 2.24. The monoisotopic (exact) mass is 380 g/mol. The minimum absolute atomic E-state index is 0.128. The van der Waals surface area contributed by atoms with Gasteiger partial charge in [-0.05, 0) is 50.1 Å². The van der Waals surface area contributed by atoms with Crippen LogP contribution in [0.5, 0.6) is 5.75 Å². The van der Waals surface area contributed by atoms with Crippen LogP contribution in [0.2, 0.25) is 0 Å². The molecule has 0 aliphatic rings. The lowest BCUT2D eigenvalue weighted by Gasteiger charge is -2.24. The highest BCUT2D eigenvalue weighted by molar-refractivity contribution is 5.83. The number of carbonyl (C=O) groups excluding carboxylic acids is 1. The van der Waals surface area contributed by atoms with Crippen LogP contribution in [0.3, 0.4) is 0 Å². The second kappa shape index (κ2) is 8.69. The number of likely N-dealkylation sites (N-methyl/N-ethyl adjacent to an activating group) is 1. The molecule has 0 aliphatic heterocycles. The van der Waals surface area contributed by atoms with Crippen LogP contribution in [-0.4, -0.2) is 28.4 Å². The van der Waals surface area contributed by atoms with Crippen molar-refractivity contribution in [2.45, 2.75) is 39.8 Å². The van der Waals surface area contributed by atoms with Gasteiger partial charge in [0.15, 0.2) is 6.10 Å². The first-order valence-electron chi connectivity index (χ1n) is 9.44. The van der Waals surface area contributed by atoms with Crippen LogP contribution >= 0.6 is 0 Å². The van der Waals surface area contributed by atoms with Gasteiger partial charge < -0.3 is 14.1 Å². The fourth-order valence-electron chi connectivity index (χ4n) is 3.12. The average molecular weight is 380 g/mol. The number of benzene rings is 1. The lowest BCUT2D eigenvalue weighted by molar-refractivity contribution is -0.138. The zero-order valence-electron chi connectivity index (χ0n) is 16.3. The average Bonchev–Trinajstić information content (AvgIpc) is 2.71. The Balaban J connectivity index is 1.76. The SMILES string of the molecule is CCc1cc(=O)oc2cc(OC(C)C(=O)N(CC)Cc3ccccn3)ccc12. The van der Waals surface area contributed by atoms with Gasteiger partial charge in [-0.25, -0.2) is 4.79 Å². The summed E-state index contributed by atoms with van der Waals surface area (Å²) in [6, 6.07) is 12.4. The standard InChI is InChI=1S/C22H24N2O4/c1-4-16-12-21(25)28-20-13-18(9-10-19(16)20)27-15(3)22(26)24(5-2)14-17-8-6-7-11-23-17/h6-13,15H,4-5,14H2,1-3H3. The molecule has 0 fully saturated rings. The smallest absolute Gasteiger partial charge is 0.336 e. The Morgan fingerprint density at radius 1 is 1.21 bits per heavy atom. The van der Waals surface area contributed by atoms with E-state index in [1.807, 2.05) is 38.1 Å². The fraction of sp³-hybridized carbons (Fsp3) is 0.318. The van der Waals surface area contributed by atoms with E-state index in [2.05, 4.69) is 4.98 Å². The fourth-order valence-corrected chi connectivity index (χ4v) is 3.12. The number of ether oxygens (including phenoxy) is 1. The van der Waals surface area contributed by atoms with E-state index in [1.165, 1.54) is 6.07 Å². The number of nitrogens with zero attached hydrogens (tertiary/aromatic N) is 2. The summed E-state index contributed by atoms with van der Waals surface area (Å²) in [7, 11) is 0. The molecule has 0 saturated carbocycles. The topological polar surface area (TPSA) is 72.6 Å². The third kappa shape index (κ3) is 4.39. The second-order valence-corrected chi connectivity index (χ2v) is 6.54. The molecule has 1 atom stereocenters. The lowest BCUT2D eigenvalue weighted by atomic mass is 10.1. The van der Waals surface area contributed by atoms with Crippen molar-refractivity contribution >= 4 is 16.9 Å². The van der Waals surface area contributed by atoms with Gasteiger partial charge in [0.2, 0.25) is 0 Å². The molecule has 146 valence electrons. The summed E-state index contributed by atoms with van der Waals surface area (Å²) >= 11 is 0. The first kappa shape index (κ1) is 19.6. The van der Waals surface area contributed by atoms with Crippen LogP contribution in [0.4, 0.5) is 0 Å². The van der Waals surface area contributed by atoms with Crippen molar-refractivity contribution in [3.8, 4) is 5.75 Å². The predicted molar refractivity (Wildman–Crippen MR) is 107 cm³/mol. The number of hydrogen-bond acceptors (Lipinski definition) is 5. The Morgan fingerprint density at radius 3 is 2.71 bits per heavy atom. The van der Waals surface area contributed by atoms with Gasteiger partial charge in [-0.2, -0.15) is 0 Å². The maximum absolute atomic E-state index is 12.8. The van der Waals surface area contributed by atoms with E-state index in [1.54, 1.807) is 30.2 Å². The molecular weight excluding hydrogens is 356 g/mol. The zero-order valence-corrected chi connectivity index (χ0v) is 16.3. The molecule has 0 saturated heterocycles. The van der Waals surface area contributed by atoms with Crippen LogP contribution in [0.15, 0.2) is 57.9 Å². The summed E-state index contributed by atoms with van der Waals surface area (Å²) in [4.78, 5) is 30.5. The third-order valence-electron chi connectivity index (χ3n) is 4.62. The number of aryl methyl sites for hydroxylation is 1. The number of aromatic nitrogens is 1. The highest BCUT2D eigenvalue weighted by atomic mass is 16.5. The molecule has 1 amide bonds. The Morgan fingerprint density at radius 2 is 2.04 bits per heavy atom. The molecule has 1 unspecified atom stereocenters. The Hall–Kier alpha value is -3.15. The maximum atomic E-state index is 12.8.